The van der Waals surface area contributed by atoms with E-state index in [0.29, 0.717) is 5.92 Å². The normalized spacial score (nSPS) is 17.2. The van der Waals surface area contributed by atoms with Crippen LogP contribution in [0.3, 0.4) is 0 Å². The van der Waals surface area contributed by atoms with Crippen LogP contribution in [0.4, 0.5) is 0 Å². The molecule has 0 unspecified atom stereocenters. The van der Waals surface area contributed by atoms with Gasteiger partial charge < -0.3 is 0 Å². The molecule has 0 aromatic rings. The van der Waals surface area contributed by atoms with Crippen LogP contribution in [0.5, 0.6) is 0 Å². The topological polar surface area (TPSA) is 12.4 Å². The molecule has 0 heterocycles. The molecular weight excluding hydrogens is 122 g/mol. The Labute approximate surface area is 61.5 Å². The first kappa shape index (κ1) is 7.00. The van der Waals surface area contributed by atoms with Crippen molar-refractivity contribution in [1.82, 2.24) is 0 Å². The summed E-state index contributed by atoms with van der Waals surface area (Å²) < 4.78 is 0. The molecule has 1 aliphatic rings. The van der Waals surface area contributed by atoms with Gasteiger partial charge >= 0.3 is 0 Å². The molecule has 1 aliphatic carbocycles. The maximum absolute atomic E-state index is 3.82. The van der Waals surface area contributed by atoms with Crippen molar-refractivity contribution in [2.24, 2.45) is 10.9 Å². The Morgan fingerprint density at radius 3 is 2.20 bits per heavy atom. The highest BCUT2D eigenvalue weighted by molar-refractivity contribution is 5.25. The molecule has 52 valence electrons. The Bertz CT molecular complexity index is 171. The number of hydrogen-bond acceptors (Lipinski definition) is 1. The molecule has 0 aliphatic heterocycles. The predicted octanol–water partition coefficient (Wildman–Crippen LogP) is 1.99. The summed E-state index contributed by atoms with van der Waals surface area (Å²) in [5.74, 6) is 0.438. The van der Waals surface area contributed by atoms with E-state index in [9.17, 15) is 0 Å². The van der Waals surface area contributed by atoms with E-state index in [2.05, 4.69) is 23.9 Å². The first-order valence-electron chi connectivity index (χ1n) is 3.37. The molecule has 0 aromatic heterocycles. The number of aliphatic imine (C=N–C) groups is 1. The third kappa shape index (κ3) is 2.02. The van der Waals surface area contributed by atoms with Crippen LogP contribution in [0, 0.1) is 5.92 Å². The molecule has 1 heteroatoms. The second-order valence-electron chi connectivity index (χ2n) is 2.22. The zero-order valence-corrected chi connectivity index (χ0v) is 5.90. The summed E-state index contributed by atoms with van der Waals surface area (Å²) in [6, 6.07) is 0. The molecule has 0 atom stereocenters. The minimum Gasteiger partial charge on any atom is -0.300 e. The van der Waals surface area contributed by atoms with E-state index >= 15 is 0 Å². The van der Waals surface area contributed by atoms with E-state index in [1.807, 2.05) is 24.3 Å². The fourth-order valence-corrected chi connectivity index (χ4v) is 0.877. The maximum atomic E-state index is 3.82. The Morgan fingerprint density at radius 1 is 1.10 bits per heavy atom. The van der Waals surface area contributed by atoms with Crippen LogP contribution in [-0.4, -0.2) is 13.3 Å². The van der Waals surface area contributed by atoms with Gasteiger partial charge in [0.1, 0.15) is 0 Å². The van der Waals surface area contributed by atoms with Crippen molar-refractivity contribution in [3.8, 4) is 0 Å². The van der Waals surface area contributed by atoms with Gasteiger partial charge in [-0.05, 0) is 6.72 Å². The highest BCUT2D eigenvalue weighted by atomic mass is 14.7. The van der Waals surface area contributed by atoms with Crippen LogP contribution in [0.25, 0.3) is 0 Å². The van der Waals surface area contributed by atoms with Crippen LogP contribution >= 0.6 is 0 Å². The summed E-state index contributed by atoms with van der Waals surface area (Å²) in [6.45, 7) is 4.23. The van der Waals surface area contributed by atoms with E-state index in [4.69, 9.17) is 0 Å². The van der Waals surface area contributed by atoms with Crippen molar-refractivity contribution in [1.29, 1.82) is 0 Å². The number of nitrogens with zero attached hydrogens (tertiary/aromatic N) is 1. The monoisotopic (exact) mass is 133 g/mol. The Kier molecular flexibility index (Phi) is 2.68. The minimum absolute atomic E-state index is 0.438. The van der Waals surface area contributed by atoms with Crippen LogP contribution in [0.1, 0.15) is 0 Å². The minimum atomic E-state index is 0.438. The average Bonchev–Trinajstić information content (AvgIpc) is 2.17. The smallest absolute Gasteiger partial charge is 0.0479 e. The van der Waals surface area contributed by atoms with Gasteiger partial charge in [-0.25, -0.2) is 0 Å². The Morgan fingerprint density at radius 2 is 1.70 bits per heavy atom. The summed E-state index contributed by atoms with van der Waals surface area (Å²) in [7, 11) is 0. The maximum Gasteiger partial charge on any atom is 0.0479 e. The van der Waals surface area contributed by atoms with Gasteiger partial charge in [-0.2, -0.15) is 0 Å². The summed E-state index contributed by atoms with van der Waals surface area (Å²) in [5, 5.41) is 0. The van der Waals surface area contributed by atoms with Crippen LogP contribution in [0.15, 0.2) is 41.4 Å². The van der Waals surface area contributed by atoms with Crippen molar-refractivity contribution in [3.63, 3.8) is 0 Å². The van der Waals surface area contributed by atoms with Crippen LogP contribution in [0.2, 0.25) is 0 Å². The summed E-state index contributed by atoms with van der Waals surface area (Å²) in [6.07, 6.45) is 12.3. The van der Waals surface area contributed by atoms with E-state index in [1.165, 1.54) is 0 Å². The highest BCUT2D eigenvalue weighted by Gasteiger charge is 1.96. The van der Waals surface area contributed by atoms with Crippen molar-refractivity contribution in [2.45, 2.75) is 0 Å². The predicted molar refractivity (Wildman–Crippen MR) is 45.3 cm³/mol. The molecule has 0 aromatic carbocycles. The van der Waals surface area contributed by atoms with E-state index in [1.54, 1.807) is 0 Å². The zero-order chi connectivity index (χ0) is 7.23. The van der Waals surface area contributed by atoms with E-state index in [-0.39, 0.29) is 0 Å². The molecule has 0 radical (unpaired) electrons. The van der Waals surface area contributed by atoms with Gasteiger partial charge in [0.15, 0.2) is 0 Å². The third-order valence-electron chi connectivity index (χ3n) is 1.39. The lowest BCUT2D eigenvalue weighted by Gasteiger charge is -1.99. The average molecular weight is 133 g/mol. The Balaban J connectivity index is 2.54. The molecule has 0 amide bonds. The van der Waals surface area contributed by atoms with Gasteiger partial charge in [0.25, 0.3) is 0 Å². The van der Waals surface area contributed by atoms with Crippen molar-refractivity contribution in [2.75, 3.05) is 6.54 Å². The fourth-order valence-electron chi connectivity index (χ4n) is 0.877. The second-order valence-corrected chi connectivity index (χ2v) is 2.22. The molecule has 1 rings (SSSR count). The number of rotatable bonds is 2. The van der Waals surface area contributed by atoms with Crippen molar-refractivity contribution >= 4 is 6.72 Å². The van der Waals surface area contributed by atoms with Crippen molar-refractivity contribution in [3.05, 3.63) is 36.5 Å². The van der Waals surface area contributed by atoms with Gasteiger partial charge in [-0.15, -0.1) is 0 Å². The fraction of sp³-hybridized carbons (Fsp3) is 0.222. The lowest BCUT2D eigenvalue weighted by Crippen LogP contribution is -1.94. The zero-order valence-electron chi connectivity index (χ0n) is 5.90. The number of allylic oxidation sites excluding steroid dienone is 4. The summed E-state index contributed by atoms with van der Waals surface area (Å²) in [5.41, 5.74) is 0. The third-order valence-corrected chi connectivity index (χ3v) is 1.39. The van der Waals surface area contributed by atoms with Gasteiger partial charge in [0, 0.05) is 12.5 Å². The Hall–Kier alpha value is -1.11. The quantitative estimate of drug-likeness (QED) is 0.511. The number of hydrogen-bond donors (Lipinski definition) is 0. The first-order valence-corrected chi connectivity index (χ1v) is 3.37. The molecule has 0 fully saturated rings. The van der Waals surface area contributed by atoms with Crippen LogP contribution in [-0.2, 0) is 0 Å². The SMILES string of the molecule is C=NCC1C=CC=CC=C1. The van der Waals surface area contributed by atoms with E-state index < -0.39 is 0 Å². The molecule has 0 N–H and O–H groups in total. The lowest BCUT2D eigenvalue weighted by atomic mass is 10.1. The van der Waals surface area contributed by atoms with Gasteiger partial charge in [-0.3, -0.25) is 4.99 Å². The van der Waals surface area contributed by atoms with Gasteiger partial charge in [-0.1, -0.05) is 36.5 Å². The van der Waals surface area contributed by atoms with Gasteiger partial charge in [0.2, 0.25) is 0 Å². The molecule has 10 heavy (non-hydrogen) atoms. The highest BCUT2D eigenvalue weighted by Crippen LogP contribution is 2.04. The summed E-state index contributed by atoms with van der Waals surface area (Å²) >= 11 is 0. The largest absolute Gasteiger partial charge is 0.300 e. The second kappa shape index (κ2) is 3.83. The first-order chi connectivity index (χ1) is 4.93. The molecule has 0 spiro atoms. The standard InChI is InChI=1S/C9H11N/c1-10-8-9-6-4-2-3-5-7-9/h2-7,9H,1,8H2. The molecule has 0 saturated carbocycles. The molecule has 0 bridgehead atoms. The van der Waals surface area contributed by atoms with E-state index in [0.717, 1.165) is 6.54 Å². The lowest BCUT2D eigenvalue weighted by molar-refractivity contribution is 0.828. The molecule has 0 saturated heterocycles. The van der Waals surface area contributed by atoms with Crippen molar-refractivity contribution < 1.29 is 0 Å². The van der Waals surface area contributed by atoms with Gasteiger partial charge in [0.05, 0.1) is 0 Å². The summed E-state index contributed by atoms with van der Waals surface area (Å²) in [4.78, 5) is 3.82. The molecular formula is C9H11N. The molecule has 1 nitrogen and oxygen atoms in total. The van der Waals surface area contributed by atoms with Crippen LogP contribution < -0.4 is 0 Å².